The second kappa shape index (κ2) is 13.8. The van der Waals surface area contributed by atoms with Crippen molar-refractivity contribution in [3.8, 4) is 0 Å². The van der Waals surface area contributed by atoms with E-state index in [-0.39, 0.29) is 44.2 Å². The van der Waals surface area contributed by atoms with Crippen molar-refractivity contribution in [2.45, 2.75) is 38.8 Å². The van der Waals surface area contributed by atoms with Crippen LogP contribution < -0.4 is 9.62 Å². The summed E-state index contributed by atoms with van der Waals surface area (Å²) in [7, 11) is -2.05. The molecule has 0 bridgehead atoms. The van der Waals surface area contributed by atoms with Crippen molar-refractivity contribution in [1.29, 1.82) is 0 Å². The second-order valence-electron chi connectivity index (χ2n) is 9.32. The van der Waals surface area contributed by atoms with Crippen molar-refractivity contribution >= 4 is 50.7 Å². The minimum Gasteiger partial charge on any atom is -0.357 e. The first-order chi connectivity index (χ1) is 18.5. The van der Waals surface area contributed by atoms with Crippen LogP contribution in [0.3, 0.4) is 0 Å². The van der Waals surface area contributed by atoms with Gasteiger partial charge in [-0.2, -0.15) is 0 Å². The van der Waals surface area contributed by atoms with E-state index in [9.17, 15) is 18.0 Å². The Balaban J connectivity index is 1.88. The van der Waals surface area contributed by atoms with Crippen LogP contribution in [-0.2, 0) is 32.6 Å². The van der Waals surface area contributed by atoms with Crippen molar-refractivity contribution in [3.05, 3.63) is 99.5 Å². The summed E-state index contributed by atoms with van der Waals surface area (Å²) in [5.74, 6) is -0.638. The largest absolute Gasteiger partial charge is 0.357 e. The summed E-state index contributed by atoms with van der Waals surface area (Å²) >= 11 is 12.9. The van der Waals surface area contributed by atoms with Gasteiger partial charge in [0.1, 0.15) is 6.04 Å². The number of carbonyl (C=O) groups excluding carboxylic acids is 2. The number of hydrogen-bond acceptors (Lipinski definition) is 4. The summed E-state index contributed by atoms with van der Waals surface area (Å²) in [5, 5.41) is 3.44. The highest BCUT2D eigenvalue weighted by Gasteiger charge is 2.31. The van der Waals surface area contributed by atoms with Gasteiger partial charge >= 0.3 is 0 Å². The smallest absolute Gasteiger partial charge is 0.242 e. The van der Waals surface area contributed by atoms with Crippen molar-refractivity contribution in [2.24, 2.45) is 0 Å². The molecule has 0 heterocycles. The lowest BCUT2D eigenvalue weighted by Crippen LogP contribution is -2.50. The third kappa shape index (κ3) is 8.46. The van der Waals surface area contributed by atoms with Crippen LogP contribution >= 0.6 is 23.2 Å². The molecule has 1 atom stereocenters. The van der Waals surface area contributed by atoms with E-state index in [1.807, 2.05) is 49.4 Å². The van der Waals surface area contributed by atoms with Gasteiger partial charge < -0.3 is 10.2 Å². The fourth-order valence-electron chi connectivity index (χ4n) is 4.29. The molecule has 0 aliphatic rings. The molecule has 0 saturated heterocycles. The Labute approximate surface area is 240 Å². The number of rotatable bonds is 12. The maximum absolute atomic E-state index is 13.7. The van der Waals surface area contributed by atoms with Crippen molar-refractivity contribution in [3.63, 3.8) is 0 Å². The van der Waals surface area contributed by atoms with Gasteiger partial charge in [0.2, 0.25) is 21.8 Å². The lowest BCUT2D eigenvalue weighted by Gasteiger charge is -2.32. The molecular weight excluding hydrogens is 557 g/mol. The molecule has 0 fully saturated rings. The highest BCUT2D eigenvalue weighted by Crippen LogP contribution is 2.28. The summed E-state index contributed by atoms with van der Waals surface area (Å²) in [5.41, 5.74) is 2.96. The van der Waals surface area contributed by atoms with E-state index in [2.05, 4.69) is 5.32 Å². The third-order valence-electron chi connectivity index (χ3n) is 6.38. The highest BCUT2D eigenvalue weighted by molar-refractivity contribution is 7.92. The molecule has 1 N–H and O–H groups in total. The number of halogens is 2. The molecule has 0 radical (unpaired) electrons. The quantitative estimate of drug-likeness (QED) is 0.313. The molecule has 39 heavy (non-hydrogen) atoms. The van der Waals surface area contributed by atoms with E-state index in [1.54, 1.807) is 30.3 Å². The van der Waals surface area contributed by atoms with Gasteiger partial charge in [0.25, 0.3) is 0 Å². The van der Waals surface area contributed by atoms with Gasteiger partial charge in [-0.3, -0.25) is 13.9 Å². The number of aryl methyl sites for hydroxylation is 1. The predicted molar refractivity (Wildman–Crippen MR) is 158 cm³/mol. The van der Waals surface area contributed by atoms with Crippen molar-refractivity contribution in [2.75, 3.05) is 24.2 Å². The van der Waals surface area contributed by atoms with Crippen LogP contribution in [-0.4, -0.2) is 51.0 Å². The normalized spacial score (nSPS) is 12.0. The first kappa shape index (κ1) is 30.5. The molecule has 3 aromatic carbocycles. The number of benzene rings is 3. The lowest BCUT2D eigenvalue weighted by molar-refractivity contribution is -0.141. The van der Waals surface area contributed by atoms with Gasteiger partial charge in [-0.05, 0) is 43.2 Å². The fourth-order valence-corrected chi connectivity index (χ4v) is 5.77. The average molecular weight is 591 g/mol. The second-order valence-corrected chi connectivity index (χ2v) is 12.0. The lowest BCUT2D eigenvalue weighted by atomic mass is 10.0. The zero-order valence-corrected chi connectivity index (χ0v) is 24.6. The number of likely N-dealkylation sites (N-methyl/N-ethyl adjacent to an activating group) is 1. The first-order valence-corrected chi connectivity index (χ1v) is 15.1. The van der Waals surface area contributed by atoms with E-state index in [0.29, 0.717) is 21.3 Å². The van der Waals surface area contributed by atoms with Crippen LogP contribution in [0.2, 0.25) is 10.0 Å². The van der Waals surface area contributed by atoms with Gasteiger partial charge in [-0.15, -0.1) is 0 Å². The Morgan fingerprint density at radius 1 is 0.923 bits per heavy atom. The average Bonchev–Trinajstić information content (AvgIpc) is 2.90. The van der Waals surface area contributed by atoms with E-state index >= 15 is 0 Å². The molecule has 208 valence electrons. The van der Waals surface area contributed by atoms with Crippen molar-refractivity contribution < 1.29 is 18.0 Å². The SMILES string of the molecule is CNC(=O)[C@@H](Cc1ccccc1)N(Cc1c(Cl)cccc1Cl)C(=O)CCCN(c1ccc(C)cc1)S(C)(=O)=O. The fraction of sp³-hybridized carbons (Fsp3) is 0.310. The summed E-state index contributed by atoms with van der Waals surface area (Å²) in [6.07, 6.45) is 1.69. The molecule has 3 rings (SSSR count). The molecule has 0 aliphatic carbocycles. The third-order valence-corrected chi connectivity index (χ3v) is 8.28. The summed E-state index contributed by atoms with van der Waals surface area (Å²) in [4.78, 5) is 28.3. The number of amides is 2. The molecule has 0 unspecified atom stereocenters. The van der Waals surface area contributed by atoms with Gasteiger partial charge in [0.05, 0.1) is 11.9 Å². The van der Waals surface area contributed by atoms with Gasteiger partial charge in [0, 0.05) is 48.6 Å². The summed E-state index contributed by atoms with van der Waals surface area (Å²) < 4.78 is 26.3. The molecule has 0 saturated carbocycles. The molecule has 3 aromatic rings. The molecule has 0 aliphatic heterocycles. The number of nitrogens with zero attached hydrogens (tertiary/aromatic N) is 2. The topological polar surface area (TPSA) is 86.8 Å². The van der Waals surface area contributed by atoms with Gasteiger partial charge in [0.15, 0.2) is 0 Å². The number of carbonyl (C=O) groups is 2. The van der Waals surface area contributed by atoms with E-state index in [0.717, 1.165) is 17.4 Å². The molecule has 0 aromatic heterocycles. The van der Waals surface area contributed by atoms with E-state index in [4.69, 9.17) is 23.2 Å². The highest BCUT2D eigenvalue weighted by atomic mass is 35.5. The summed E-state index contributed by atoms with van der Waals surface area (Å²) in [6, 6.07) is 20.8. The van der Waals surface area contributed by atoms with Gasteiger partial charge in [-0.25, -0.2) is 8.42 Å². The van der Waals surface area contributed by atoms with Crippen molar-refractivity contribution in [1.82, 2.24) is 10.2 Å². The van der Waals surface area contributed by atoms with Gasteiger partial charge in [-0.1, -0.05) is 77.3 Å². The monoisotopic (exact) mass is 589 g/mol. The molecule has 2 amide bonds. The Morgan fingerprint density at radius 2 is 1.54 bits per heavy atom. The number of anilines is 1. The van der Waals surface area contributed by atoms with Crippen LogP contribution in [0.5, 0.6) is 0 Å². The van der Waals surface area contributed by atoms with Crippen LogP contribution in [0.1, 0.15) is 29.5 Å². The minimum absolute atomic E-state index is 0.0161. The Morgan fingerprint density at radius 3 is 2.10 bits per heavy atom. The summed E-state index contributed by atoms with van der Waals surface area (Å²) in [6.45, 7) is 2.05. The Bertz CT molecular complexity index is 1360. The van der Waals surface area contributed by atoms with Crippen LogP contribution in [0.25, 0.3) is 0 Å². The maximum Gasteiger partial charge on any atom is 0.242 e. The zero-order valence-electron chi connectivity index (χ0n) is 22.2. The molecule has 7 nitrogen and oxygen atoms in total. The number of nitrogens with one attached hydrogen (secondary N) is 1. The molecule has 10 heteroatoms. The molecule has 0 spiro atoms. The number of hydrogen-bond donors (Lipinski definition) is 1. The minimum atomic E-state index is -3.57. The Kier molecular flexibility index (Phi) is 10.8. The predicted octanol–water partition coefficient (Wildman–Crippen LogP) is 5.23. The van der Waals surface area contributed by atoms with E-state index in [1.165, 1.54) is 16.3 Å². The Hall–Kier alpha value is -3.07. The maximum atomic E-state index is 13.7. The van der Waals surface area contributed by atoms with Crippen LogP contribution in [0.4, 0.5) is 5.69 Å². The van der Waals surface area contributed by atoms with Crippen LogP contribution in [0.15, 0.2) is 72.8 Å². The standard InChI is InChI=1S/C29H33Cl2N3O4S/c1-21-14-16-23(17-15-21)34(39(3,37)38)18-8-13-28(35)33(20-24-25(30)11-7-12-26(24)31)27(29(36)32-2)19-22-9-5-4-6-10-22/h4-7,9-12,14-17,27H,8,13,18-20H2,1-3H3,(H,32,36)/t27-/m1/s1. The zero-order chi connectivity index (χ0) is 28.6. The van der Waals surface area contributed by atoms with Crippen LogP contribution in [0, 0.1) is 6.92 Å². The molecular formula is C29H33Cl2N3O4S. The van der Waals surface area contributed by atoms with E-state index < -0.39 is 16.1 Å². The number of sulfonamides is 1. The first-order valence-electron chi connectivity index (χ1n) is 12.5.